The lowest BCUT2D eigenvalue weighted by Crippen LogP contribution is -2.19. The van der Waals surface area contributed by atoms with Crippen molar-refractivity contribution in [3.63, 3.8) is 0 Å². The van der Waals surface area contributed by atoms with Gasteiger partial charge in [0.25, 0.3) is 0 Å². The van der Waals surface area contributed by atoms with E-state index in [0.717, 1.165) is 35.5 Å². The lowest BCUT2D eigenvalue weighted by Gasteiger charge is -2.27. The number of rotatable bonds is 2. The Morgan fingerprint density at radius 3 is 2.77 bits per heavy atom. The van der Waals surface area contributed by atoms with Crippen LogP contribution in [0.5, 0.6) is 0 Å². The first-order valence-corrected chi connectivity index (χ1v) is 7.84. The summed E-state index contributed by atoms with van der Waals surface area (Å²) in [6.45, 7) is 0. The van der Waals surface area contributed by atoms with Gasteiger partial charge in [-0.3, -0.25) is 5.10 Å². The van der Waals surface area contributed by atoms with Gasteiger partial charge in [-0.1, -0.05) is 35.3 Å². The predicted molar refractivity (Wildman–Crippen MR) is 85.9 cm³/mol. The molecule has 0 amide bonds. The van der Waals surface area contributed by atoms with Crippen LogP contribution in [0.2, 0.25) is 10.0 Å². The molecule has 1 saturated carbocycles. The Morgan fingerprint density at radius 1 is 1.23 bits per heavy atom. The lowest BCUT2D eigenvalue weighted by molar-refractivity contribution is 0.878. The molecule has 1 aliphatic heterocycles. The fraction of sp³-hybridized carbons (Fsp3) is 0.250. The first-order valence-electron chi connectivity index (χ1n) is 7.09. The molecule has 0 saturated heterocycles. The van der Waals surface area contributed by atoms with Gasteiger partial charge in [0, 0.05) is 17.2 Å². The van der Waals surface area contributed by atoms with Crippen molar-refractivity contribution in [1.82, 2.24) is 10.2 Å². The number of H-pyrrole nitrogens is 1. The zero-order valence-electron chi connectivity index (χ0n) is 11.5. The molecule has 0 bridgehead atoms. The Morgan fingerprint density at radius 2 is 2.05 bits per heavy atom. The number of aromatic nitrogens is 2. The summed E-state index contributed by atoms with van der Waals surface area (Å²) in [5, 5.41) is 21.1. The summed E-state index contributed by atoms with van der Waals surface area (Å²) in [4.78, 5) is 0. The van der Waals surface area contributed by atoms with Crippen molar-refractivity contribution >= 4 is 29.0 Å². The number of nitriles is 1. The maximum absolute atomic E-state index is 9.74. The number of nitrogens with zero attached hydrogens (tertiary/aromatic N) is 2. The summed E-state index contributed by atoms with van der Waals surface area (Å²) in [7, 11) is 0. The van der Waals surface area contributed by atoms with Crippen molar-refractivity contribution < 1.29 is 0 Å². The number of aromatic amines is 1. The molecule has 22 heavy (non-hydrogen) atoms. The van der Waals surface area contributed by atoms with Gasteiger partial charge in [-0.15, -0.1) is 0 Å². The Labute approximate surface area is 137 Å². The van der Waals surface area contributed by atoms with Gasteiger partial charge >= 0.3 is 0 Å². The van der Waals surface area contributed by atoms with Crippen molar-refractivity contribution in [2.24, 2.45) is 5.92 Å². The number of halogens is 2. The van der Waals surface area contributed by atoms with E-state index in [0.29, 0.717) is 21.5 Å². The molecule has 2 aliphatic rings. The van der Waals surface area contributed by atoms with E-state index in [4.69, 9.17) is 23.2 Å². The minimum absolute atomic E-state index is 0.234. The zero-order valence-corrected chi connectivity index (χ0v) is 13.0. The molecule has 2 heterocycles. The van der Waals surface area contributed by atoms with Crippen LogP contribution in [-0.2, 0) is 0 Å². The van der Waals surface area contributed by atoms with E-state index < -0.39 is 0 Å². The average molecular weight is 331 g/mol. The van der Waals surface area contributed by atoms with Gasteiger partial charge in [-0.2, -0.15) is 10.4 Å². The molecule has 2 aromatic rings. The Bertz CT molecular complexity index is 827. The molecule has 1 aromatic carbocycles. The van der Waals surface area contributed by atoms with Crippen LogP contribution in [0.3, 0.4) is 0 Å². The largest absolute Gasteiger partial charge is 0.343 e. The predicted octanol–water partition coefficient (Wildman–Crippen LogP) is 4.46. The SMILES string of the molecule is N#CC1=C(C2CC2)Nc2[nH]ncc2C1c1cccc(Cl)c1Cl. The number of hydrogen-bond acceptors (Lipinski definition) is 3. The molecule has 1 unspecified atom stereocenters. The molecule has 4 nitrogen and oxygen atoms in total. The Balaban J connectivity index is 1.95. The fourth-order valence-electron chi connectivity index (χ4n) is 3.01. The molecule has 2 N–H and O–H groups in total. The molecule has 110 valence electrons. The van der Waals surface area contributed by atoms with Crippen LogP contribution in [0.15, 0.2) is 35.7 Å². The number of anilines is 1. The number of allylic oxidation sites excluding steroid dienone is 2. The van der Waals surface area contributed by atoms with E-state index in [1.54, 1.807) is 12.3 Å². The molecule has 1 fully saturated rings. The number of benzene rings is 1. The average Bonchev–Trinajstić information content (AvgIpc) is 3.26. The standard InChI is InChI=1S/C16H12Cl2N4/c17-12-3-1-2-9(14(12)18)13-10(6-19)15(8-4-5-8)21-16-11(13)7-20-22-16/h1-3,7-8,13H,4-5H2,(H2,20,21,22). The summed E-state index contributed by atoms with van der Waals surface area (Å²) in [6.07, 6.45) is 3.95. The zero-order chi connectivity index (χ0) is 15.3. The minimum Gasteiger partial charge on any atom is -0.343 e. The van der Waals surface area contributed by atoms with Gasteiger partial charge in [-0.05, 0) is 24.5 Å². The van der Waals surface area contributed by atoms with Crippen molar-refractivity contribution in [2.75, 3.05) is 5.32 Å². The summed E-state index contributed by atoms with van der Waals surface area (Å²) in [5.41, 5.74) is 3.46. The highest BCUT2D eigenvalue weighted by molar-refractivity contribution is 6.42. The topological polar surface area (TPSA) is 64.5 Å². The van der Waals surface area contributed by atoms with Gasteiger partial charge in [0.15, 0.2) is 0 Å². The fourth-order valence-corrected chi connectivity index (χ4v) is 3.43. The van der Waals surface area contributed by atoms with Crippen molar-refractivity contribution in [3.05, 3.63) is 56.8 Å². The first-order chi connectivity index (χ1) is 10.7. The summed E-state index contributed by atoms with van der Waals surface area (Å²) in [5.74, 6) is 1.02. The third-order valence-corrected chi connectivity index (χ3v) is 5.05. The quantitative estimate of drug-likeness (QED) is 0.854. The highest BCUT2D eigenvalue weighted by Gasteiger charge is 2.38. The van der Waals surface area contributed by atoms with Gasteiger partial charge < -0.3 is 5.32 Å². The molecular weight excluding hydrogens is 319 g/mol. The smallest absolute Gasteiger partial charge is 0.129 e. The molecule has 0 spiro atoms. The van der Waals surface area contributed by atoms with Crippen LogP contribution >= 0.6 is 23.2 Å². The number of nitrogens with one attached hydrogen (secondary N) is 2. The summed E-state index contributed by atoms with van der Waals surface area (Å²) < 4.78 is 0. The third kappa shape index (κ3) is 2.01. The van der Waals surface area contributed by atoms with Crippen molar-refractivity contribution in [3.8, 4) is 6.07 Å². The molecule has 1 atom stereocenters. The summed E-state index contributed by atoms with van der Waals surface area (Å²) in [6, 6.07) is 7.91. The second kappa shape index (κ2) is 5.05. The first kappa shape index (κ1) is 13.7. The van der Waals surface area contributed by atoms with Crippen LogP contribution in [0, 0.1) is 17.2 Å². The Kier molecular flexibility index (Phi) is 3.14. The highest BCUT2D eigenvalue weighted by atomic mass is 35.5. The molecule has 1 aliphatic carbocycles. The third-order valence-electron chi connectivity index (χ3n) is 4.22. The van der Waals surface area contributed by atoms with Crippen LogP contribution in [0.1, 0.15) is 29.9 Å². The van der Waals surface area contributed by atoms with E-state index in [-0.39, 0.29) is 5.92 Å². The second-order valence-electron chi connectivity index (χ2n) is 5.61. The normalized spacial score (nSPS) is 20.3. The van der Waals surface area contributed by atoms with E-state index in [1.165, 1.54) is 0 Å². The molecule has 4 rings (SSSR count). The van der Waals surface area contributed by atoms with Crippen LogP contribution in [-0.4, -0.2) is 10.2 Å². The van der Waals surface area contributed by atoms with E-state index in [1.807, 2.05) is 12.1 Å². The molecule has 1 aromatic heterocycles. The lowest BCUT2D eigenvalue weighted by atomic mass is 9.82. The van der Waals surface area contributed by atoms with Crippen LogP contribution < -0.4 is 5.32 Å². The highest BCUT2D eigenvalue weighted by Crippen LogP contribution is 2.49. The molecular formula is C16H12Cl2N4. The molecule has 0 radical (unpaired) electrons. The molecule has 6 heteroatoms. The minimum atomic E-state index is -0.234. The number of fused-ring (bicyclic) bond motifs is 1. The summed E-state index contributed by atoms with van der Waals surface area (Å²) >= 11 is 12.6. The second-order valence-corrected chi connectivity index (χ2v) is 6.40. The van der Waals surface area contributed by atoms with Crippen molar-refractivity contribution in [2.45, 2.75) is 18.8 Å². The van der Waals surface area contributed by atoms with Gasteiger partial charge in [0.2, 0.25) is 0 Å². The van der Waals surface area contributed by atoms with Crippen LogP contribution in [0.25, 0.3) is 0 Å². The van der Waals surface area contributed by atoms with E-state index in [9.17, 15) is 5.26 Å². The maximum atomic E-state index is 9.74. The Hall–Kier alpha value is -1.96. The number of hydrogen-bond donors (Lipinski definition) is 2. The van der Waals surface area contributed by atoms with Gasteiger partial charge in [0.05, 0.1) is 33.8 Å². The van der Waals surface area contributed by atoms with Gasteiger partial charge in [0.1, 0.15) is 5.82 Å². The van der Waals surface area contributed by atoms with E-state index in [2.05, 4.69) is 21.6 Å². The maximum Gasteiger partial charge on any atom is 0.129 e. The van der Waals surface area contributed by atoms with Crippen LogP contribution in [0.4, 0.5) is 5.82 Å². The monoisotopic (exact) mass is 330 g/mol. The van der Waals surface area contributed by atoms with Crippen molar-refractivity contribution in [1.29, 1.82) is 5.26 Å². The van der Waals surface area contributed by atoms with Gasteiger partial charge in [-0.25, -0.2) is 0 Å². The van der Waals surface area contributed by atoms with E-state index >= 15 is 0 Å².